The van der Waals surface area contributed by atoms with E-state index in [4.69, 9.17) is 9.84 Å². The molecule has 2 amide bonds. The number of carbonyl (C=O) groups excluding carboxylic acids is 2. The summed E-state index contributed by atoms with van der Waals surface area (Å²) in [6, 6.07) is 16.2. The Labute approximate surface area is 330 Å². The highest BCUT2D eigenvalue weighted by Crippen LogP contribution is 2.39. The summed E-state index contributed by atoms with van der Waals surface area (Å²) in [5, 5.41) is 15.2. The fourth-order valence-electron chi connectivity index (χ4n) is 8.00. The van der Waals surface area contributed by atoms with Gasteiger partial charge in [0.1, 0.15) is 16.6 Å². The van der Waals surface area contributed by atoms with E-state index in [0.717, 1.165) is 78.9 Å². The van der Waals surface area contributed by atoms with E-state index in [1.807, 2.05) is 18.2 Å². The summed E-state index contributed by atoms with van der Waals surface area (Å²) in [4.78, 5) is 42.1. The van der Waals surface area contributed by atoms with Gasteiger partial charge in [-0.15, -0.1) is 11.3 Å². The Morgan fingerprint density at radius 2 is 1.59 bits per heavy atom. The number of rotatable bonds is 14. The molecule has 2 saturated heterocycles. The van der Waals surface area contributed by atoms with Gasteiger partial charge in [-0.1, -0.05) is 24.3 Å². The summed E-state index contributed by atoms with van der Waals surface area (Å²) < 4.78 is 50.7. The van der Waals surface area contributed by atoms with Crippen LogP contribution in [0.1, 0.15) is 83.9 Å². The first-order valence-electron chi connectivity index (χ1n) is 18.6. The van der Waals surface area contributed by atoms with Gasteiger partial charge < -0.3 is 26.0 Å². The van der Waals surface area contributed by atoms with Crippen LogP contribution in [0.4, 0.5) is 19.5 Å². The van der Waals surface area contributed by atoms with Crippen LogP contribution in [0.5, 0.6) is 0 Å². The molecule has 2 aliphatic heterocycles. The number of thiophene rings is 1. The Kier molecular flexibility index (Phi) is 13.5. The largest absolute Gasteiger partial charge is 0.478 e. The predicted octanol–water partition coefficient (Wildman–Crippen LogP) is 6.03. The second-order valence-electron chi connectivity index (χ2n) is 14.4. The van der Waals surface area contributed by atoms with Crippen LogP contribution in [0.2, 0.25) is 0 Å². The minimum atomic E-state index is -1.07. The van der Waals surface area contributed by atoms with Crippen LogP contribution < -0.4 is 10.6 Å². The predicted molar refractivity (Wildman–Crippen MR) is 213 cm³/mol. The minimum Gasteiger partial charge on any atom is -0.478 e. The number of aromatic carboxylic acids is 1. The molecule has 0 saturated carbocycles. The molecule has 3 aliphatic rings. The maximum Gasteiger partial charge on any atom is 0.335 e. The van der Waals surface area contributed by atoms with Gasteiger partial charge in [0.05, 0.1) is 34.5 Å². The zero-order valence-electron chi connectivity index (χ0n) is 31.1. The molecule has 3 aromatic carbocycles. The standard InChI is InChI=1S/C41H44F2N4O6S2.H2O/c1-53-17-18-55(52)47-30-14-15-31(47)24-46(23-30)22-26-5-4-6-28(19-26)38(48)45-40-37(33-7-2-3-8-36(33)54-40)39(49)44-29-20-34(42)32(35(43)21-29)16-11-25-9-12-27(13-10-25)41(50)51;/h4-6,9-10,12-13,19-21,30-31H,2-3,7-8,11,14-18,22-24H2,1H3,(H,44,49)(H,45,48)(H,50,51);1H2. The third-order valence-electron chi connectivity index (χ3n) is 10.7. The third-order valence-corrected chi connectivity index (χ3v) is 13.5. The summed E-state index contributed by atoms with van der Waals surface area (Å²) in [6.45, 7) is 2.71. The van der Waals surface area contributed by atoms with Gasteiger partial charge in [0.2, 0.25) is 0 Å². The number of carboxylic acids is 1. The molecule has 5 N–H and O–H groups in total. The molecule has 4 aromatic rings. The Morgan fingerprint density at radius 3 is 2.27 bits per heavy atom. The number of anilines is 2. The number of fused-ring (bicyclic) bond motifs is 3. The molecular formula is C41H46F2N4O7S2. The van der Waals surface area contributed by atoms with Gasteiger partial charge in [0.25, 0.3) is 11.8 Å². The van der Waals surface area contributed by atoms with Gasteiger partial charge in [0, 0.05) is 60.5 Å². The maximum atomic E-state index is 15.3. The molecule has 15 heteroatoms. The van der Waals surface area contributed by atoms with Crippen LogP contribution in [0, 0.1) is 11.6 Å². The van der Waals surface area contributed by atoms with Crippen molar-refractivity contribution in [3.8, 4) is 0 Å². The van der Waals surface area contributed by atoms with Crippen LogP contribution >= 0.6 is 11.3 Å². The molecule has 3 atom stereocenters. The lowest BCUT2D eigenvalue weighted by molar-refractivity contribution is 0.0696. The Hall–Kier alpha value is -4.38. The summed E-state index contributed by atoms with van der Waals surface area (Å²) in [5.74, 6) is -3.06. The smallest absolute Gasteiger partial charge is 0.335 e. The summed E-state index contributed by atoms with van der Waals surface area (Å²) in [6.07, 6.45) is 5.63. The number of halogens is 2. The number of amides is 2. The van der Waals surface area contributed by atoms with Crippen molar-refractivity contribution < 1.29 is 42.7 Å². The lowest BCUT2D eigenvalue weighted by Crippen LogP contribution is -2.54. The molecule has 2 bridgehead atoms. The molecule has 1 aliphatic carbocycles. The monoisotopic (exact) mass is 808 g/mol. The van der Waals surface area contributed by atoms with Gasteiger partial charge in [-0.3, -0.25) is 14.5 Å². The molecule has 56 heavy (non-hydrogen) atoms. The average molecular weight is 809 g/mol. The van der Waals surface area contributed by atoms with Gasteiger partial charge in [-0.05, 0) is 104 Å². The van der Waals surface area contributed by atoms with E-state index in [2.05, 4.69) is 19.8 Å². The number of benzene rings is 3. The Bertz CT molecular complexity index is 2070. The van der Waals surface area contributed by atoms with E-state index < -0.39 is 34.5 Å². The quantitative estimate of drug-likeness (QED) is 0.140. The van der Waals surface area contributed by atoms with E-state index in [0.29, 0.717) is 47.9 Å². The van der Waals surface area contributed by atoms with Crippen molar-refractivity contribution in [1.29, 1.82) is 0 Å². The van der Waals surface area contributed by atoms with Crippen LogP contribution in [0.25, 0.3) is 0 Å². The molecule has 11 nitrogen and oxygen atoms in total. The molecule has 298 valence electrons. The highest BCUT2D eigenvalue weighted by Gasteiger charge is 2.42. The second-order valence-corrected chi connectivity index (χ2v) is 17.0. The van der Waals surface area contributed by atoms with E-state index in [-0.39, 0.29) is 46.7 Å². The molecule has 3 heterocycles. The number of ether oxygens (including phenoxy) is 1. The Morgan fingerprint density at radius 1 is 0.893 bits per heavy atom. The molecule has 7 rings (SSSR count). The van der Waals surface area contributed by atoms with Crippen LogP contribution in [0.3, 0.4) is 0 Å². The average Bonchev–Trinajstić information content (AvgIpc) is 3.67. The maximum absolute atomic E-state index is 15.3. The first-order valence-corrected chi connectivity index (χ1v) is 20.7. The van der Waals surface area contributed by atoms with Crippen LogP contribution in [-0.2, 0) is 48.0 Å². The van der Waals surface area contributed by atoms with E-state index in [1.54, 1.807) is 25.3 Å². The number of carboxylic acid groups (broad SMARTS) is 1. The molecule has 0 radical (unpaired) electrons. The molecule has 2 fully saturated rings. The number of hydrogen-bond donors (Lipinski definition) is 3. The molecule has 3 unspecified atom stereocenters. The lowest BCUT2D eigenvalue weighted by atomic mass is 9.95. The second kappa shape index (κ2) is 18.3. The van der Waals surface area contributed by atoms with Crippen molar-refractivity contribution in [2.24, 2.45) is 0 Å². The summed E-state index contributed by atoms with van der Waals surface area (Å²) in [5.41, 5.74) is 3.29. The normalized spacial score (nSPS) is 18.5. The topological polar surface area (TPSA) is 160 Å². The minimum absolute atomic E-state index is 0. The van der Waals surface area contributed by atoms with Crippen molar-refractivity contribution in [3.05, 3.63) is 116 Å². The van der Waals surface area contributed by atoms with Gasteiger partial charge >= 0.3 is 5.97 Å². The third kappa shape index (κ3) is 9.25. The molecule has 0 spiro atoms. The lowest BCUT2D eigenvalue weighted by Gasteiger charge is -2.40. The number of nitrogens with zero attached hydrogens (tertiary/aromatic N) is 2. The van der Waals surface area contributed by atoms with E-state index in [1.165, 1.54) is 23.5 Å². The van der Waals surface area contributed by atoms with Crippen molar-refractivity contribution in [2.45, 2.75) is 70.0 Å². The fourth-order valence-corrected chi connectivity index (χ4v) is 10.8. The van der Waals surface area contributed by atoms with Crippen molar-refractivity contribution in [3.63, 3.8) is 0 Å². The number of likely N-dealkylation sites (tertiary alicyclic amines) is 1. The van der Waals surface area contributed by atoms with Gasteiger partial charge in [-0.2, -0.15) is 0 Å². The number of nitrogens with one attached hydrogen (secondary N) is 2. The number of hydrogen-bond acceptors (Lipinski definition) is 7. The first-order chi connectivity index (χ1) is 26.6. The highest BCUT2D eigenvalue weighted by molar-refractivity contribution is 7.82. The SMILES string of the molecule is COCCS(=O)N1C2CCC1CN(Cc1cccc(C(=O)Nc3sc4c(c3C(=O)Nc3cc(F)c(CCc5ccc(C(=O)O)cc5)c(F)c3)CCCC4)c1)C2.O. The number of piperazine rings is 1. The fraction of sp³-hybridized carbons (Fsp3) is 0.390. The zero-order chi connectivity index (χ0) is 38.6. The molecular weight excluding hydrogens is 763 g/mol. The van der Waals surface area contributed by atoms with Crippen molar-refractivity contribution in [2.75, 3.05) is 43.2 Å². The summed E-state index contributed by atoms with van der Waals surface area (Å²) in [7, 11) is 0.552. The van der Waals surface area contributed by atoms with Crippen LogP contribution in [-0.4, -0.2) is 86.4 Å². The van der Waals surface area contributed by atoms with Crippen molar-refractivity contribution in [1.82, 2.24) is 9.21 Å². The van der Waals surface area contributed by atoms with Gasteiger partial charge in [-0.25, -0.2) is 22.1 Å². The van der Waals surface area contributed by atoms with Gasteiger partial charge in [0.15, 0.2) is 0 Å². The highest BCUT2D eigenvalue weighted by atomic mass is 32.2. The van der Waals surface area contributed by atoms with Crippen molar-refractivity contribution >= 4 is 50.8 Å². The summed E-state index contributed by atoms with van der Waals surface area (Å²) >= 11 is 1.37. The first kappa shape index (κ1) is 41.3. The van der Waals surface area contributed by atoms with E-state index >= 15 is 8.78 Å². The number of carbonyl (C=O) groups is 3. The Balaban J connectivity index is 0.00000532. The zero-order valence-corrected chi connectivity index (χ0v) is 32.7. The van der Waals surface area contributed by atoms with Crippen LogP contribution in [0.15, 0.2) is 60.7 Å². The number of methoxy groups -OCH3 is 1. The number of aryl methyl sites for hydroxylation is 2. The molecule has 1 aromatic heterocycles. The van der Waals surface area contributed by atoms with E-state index in [9.17, 15) is 18.6 Å².